The van der Waals surface area contributed by atoms with Gasteiger partial charge in [0.15, 0.2) is 9.84 Å². The summed E-state index contributed by atoms with van der Waals surface area (Å²) in [7, 11) is -0.00227. The van der Waals surface area contributed by atoms with Crippen molar-refractivity contribution in [3.8, 4) is 6.01 Å². The maximum Gasteiger partial charge on any atom is 0.316 e. The van der Waals surface area contributed by atoms with Crippen molar-refractivity contribution < 1.29 is 13.2 Å². The molecule has 0 bridgehead atoms. The van der Waals surface area contributed by atoms with Crippen LogP contribution in [0.4, 0.5) is 5.82 Å². The molecule has 0 atom stereocenters. The van der Waals surface area contributed by atoms with Crippen LogP contribution in [0, 0.1) is 12.8 Å². The molecular formula is C18H22N6O3S. The van der Waals surface area contributed by atoms with Gasteiger partial charge in [0.2, 0.25) is 0 Å². The van der Waals surface area contributed by atoms with Crippen LogP contribution in [-0.2, 0) is 9.84 Å². The normalized spacial score (nSPS) is 19.4. The summed E-state index contributed by atoms with van der Waals surface area (Å²) in [6, 6.07) is 2.37. The lowest BCUT2D eigenvalue weighted by Gasteiger charge is -2.41. The van der Waals surface area contributed by atoms with E-state index in [1.54, 1.807) is 6.92 Å². The number of sulfone groups is 1. The summed E-state index contributed by atoms with van der Waals surface area (Å²) >= 11 is 0. The molecule has 1 N–H and O–H groups in total. The molecule has 0 aromatic carbocycles. The minimum atomic E-state index is -3.45. The molecular weight excluding hydrogens is 380 g/mol. The van der Waals surface area contributed by atoms with E-state index in [-0.39, 0.29) is 28.6 Å². The topological polar surface area (TPSA) is 114 Å². The molecule has 3 heterocycles. The third-order valence-electron chi connectivity index (χ3n) is 5.31. The van der Waals surface area contributed by atoms with E-state index in [0.29, 0.717) is 5.69 Å². The van der Waals surface area contributed by atoms with Gasteiger partial charge >= 0.3 is 6.01 Å². The first kappa shape index (κ1) is 18.6. The molecule has 1 fully saturated rings. The van der Waals surface area contributed by atoms with E-state index in [0.717, 1.165) is 29.7 Å². The second-order valence-corrected chi connectivity index (χ2v) is 9.13. The van der Waals surface area contributed by atoms with E-state index in [1.807, 2.05) is 19.3 Å². The van der Waals surface area contributed by atoms with Crippen LogP contribution in [0.25, 0.3) is 11.0 Å². The first-order valence-electron chi connectivity index (χ1n) is 9.00. The quantitative estimate of drug-likeness (QED) is 0.663. The molecule has 1 aliphatic carbocycles. The fraction of sp³-hybridized carbons (Fsp3) is 0.444. The summed E-state index contributed by atoms with van der Waals surface area (Å²) in [5, 5.41) is 0.965. The van der Waals surface area contributed by atoms with Crippen LogP contribution in [0.2, 0.25) is 0 Å². The summed E-state index contributed by atoms with van der Waals surface area (Å²) in [6.45, 7) is 1.66. The predicted molar refractivity (Wildman–Crippen MR) is 104 cm³/mol. The summed E-state index contributed by atoms with van der Waals surface area (Å²) < 4.78 is 30.5. The first-order chi connectivity index (χ1) is 13.4. The number of nitrogens with zero attached hydrogens (tertiary/aromatic N) is 5. The number of nitrogens with one attached hydrogen (secondary N) is 1. The Labute approximate surface area is 163 Å². The molecule has 0 unspecified atom stereocenters. The molecule has 148 valence electrons. The number of aromatic amines is 1. The van der Waals surface area contributed by atoms with Crippen LogP contribution in [0.3, 0.4) is 0 Å². The van der Waals surface area contributed by atoms with Gasteiger partial charge < -0.3 is 14.6 Å². The molecule has 0 aliphatic heterocycles. The standard InChI is InChI=1S/C18H22N6O3S/c1-11-15(8-20-18(23-11)27-3)28(25,26)9-12-6-13(7-12)24(2)17-14-4-5-19-16(14)21-10-22-17/h4-5,8,10,12-13H,6-7,9H2,1-3H3,(H,19,21,22)/t12-,13+. The number of fused-ring (bicyclic) bond motifs is 1. The van der Waals surface area contributed by atoms with E-state index in [9.17, 15) is 8.42 Å². The lowest BCUT2D eigenvalue weighted by Crippen LogP contribution is -2.45. The van der Waals surface area contributed by atoms with Crippen LogP contribution < -0.4 is 9.64 Å². The Morgan fingerprint density at radius 1 is 1.29 bits per heavy atom. The van der Waals surface area contributed by atoms with Crippen molar-refractivity contribution in [2.75, 3.05) is 24.8 Å². The van der Waals surface area contributed by atoms with E-state index >= 15 is 0 Å². The average molecular weight is 402 g/mol. The van der Waals surface area contributed by atoms with Crippen molar-refractivity contribution in [1.82, 2.24) is 24.9 Å². The van der Waals surface area contributed by atoms with Crippen molar-refractivity contribution in [3.63, 3.8) is 0 Å². The van der Waals surface area contributed by atoms with Gasteiger partial charge in [0, 0.05) is 19.3 Å². The van der Waals surface area contributed by atoms with Crippen LogP contribution in [0.15, 0.2) is 29.7 Å². The van der Waals surface area contributed by atoms with Gasteiger partial charge in [0.1, 0.15) is 22.7 Å². The zero-order chi connectivity index (χ0) is 19.9. The van der Waals surface area contributed by atoms with Gasteiger partial charge in [-0.05, 0) is 31.7 Å². The molecule has 0 spiro atoms. The molecule has 10 heteroatoms. The van der Waals surface area contributed by atoms with E-state index in [2.05, 4.69) is 29.8 Å². The summed E-state index contributed by atoms with van der Waals surface area (Å²) in [5.74, 6) is 1.05. The van der Waals surface area contributed by atoms with Gasteiger partial charge in [-0.2, -0.15) is 4.98 Å². The lowest BCUT2D eigenvalue weighted by atomic mass is 9.81. The molecule has 28 heavy (non-hydrogen) atoms. The van der Waals surface area contributed by atoms with Crippen molar-refractivity contribution in [2.45, 2.75) is 30.7 Å². The van der Waals surface area contributed by atoms with Crippen LogP contribution >= 0.6 is 0 Å². The van der Waals surface area contributed by atoms with Crippen molar-refractivity contribution in [2.24, 2.45) is 5.92 Å². The summed E-state index contributed by atoms with van der Waals surface area (Å²) in [6.07, 6.45) is 6.30. The van der Waals surface area contributed by atoms with E-state index in [1.165, 1.54) is 19.6 Å². The van der Waals surface area contributed by atoms with Gasteiger partial charge in [-0.25, -0.2) is 23.4 Å². The monoisotopic (exact) mass is 402 g/mol. The molecule has 3 aromatic rings. The Morgan fingerprint density at radius 2 is 2.07 bits per heavy atom. The fourth-order valence-corrected chi connectivity index (χ4v) is 5.49. The van der Waals surface area contributed by atoms with Gasteiger partial charge in [-0.3, -0.25) is 0 Å². The Kier molecular flexibility index (Phi) is 4.66. The number of hydrogen-bond donors (Lipinski definition) is 1. The van der Waals surface area contributed by atoms with Crippen LogP contribution in [0.1, 0.15) is 18.5 Å². The molecule has 9 nitrogen and oxygen atoms in total. The summed E-state index contributed by atoms with van der Waals surface area (Å²) in [5.41, 5.74) is 1.21. The zero-order valence-corrected chi connectivity index (χ0v) is 16.8. The SMILES string of the molecule is COc1ncc(S(=O)(=O)C[C@H]2C[C@@H](N(C)c3ncnc4[nH]ccc34)C2)c(C)n1. The van der Waals surface area contributed by atoms with Gasteiger partial charge in [-0.15, -0.1) is 0 Å². The Bertz CT molecular complexity index is 1110. The maximum atomic E-state index is 12.8. The minimum absolute atomic E-state index is 0.0945. The highest BCUT2D eigenvalue weighted by molar-refractivity contribution is 7.91. The Balaban J connectivity index is 1.43. The summed E-state index contributed by atoms with van der Waals surface area (Å²) in [4.78, 5) is 22.0. The molecule has 4 rings (SSSR count). The number of aryl methyl sites for hydroxylation is 1. The number of methoxy groups -OCH3 is 1. The molecule has 0 radical (unpaired) electrons. The van der Waals surface area contributed by atoms with Crippen LogP contribution in [-0.4, -0.2) is 59.3 Å². The van der Waals surface area contributed by atoms with E-state index < -0.39 is 9.84 Å². The van der Waals surface area contributed by atoms with Gasteiger partial charge in [0.25, 0.3) is 0 Å². The third-order valence-corrected chi connectivity index (χ3v) is 7.29. The molecule has 1 aliphatic rings. The number of ether oxygens (including phenoxy) is 1. The highest BCUT2D eigenvalue weighted by atomic mass is 32.2. The number of anilines is 1. The average Bonchev–Trinajstić information content (AvgIpc) is 3.12. The Hall–Kier alpha value is -2.75. The van der Waals surface area contributed by atoms with Crippen LogP contribution in [0.5, 0.6) is 6.01 Å². The first-order valence-corrected chi connectivity index (χ1v) is 10.7. The minimum Gasteiger partial charge on any atom is -0.467 e. The van der Waals surface area contributed by atoms with Crippen molar-refractivity contribution in [3.05, 3.63) is 30.5 Å². The van der Waals surface area contributed by atoms with Gasteiger partial charge in [0.05, 0.1) is 30.1 Å². The largest absolute Gasteiger partial charge is 0.467 e. The second-order valence-electron chi connectivity index (χ2n) is 7.13. The fourth-order valence-electron chi connectivity index (χ4n) is 3.70. The predicted octanol–water partition coefficient (Wildman–Crippen LogP) is 1.75. The molecule has 1 saturated carbocycles. The second kappa shape index (κ2) is 7.01. The number of hydrogen-bond acceptors (Lipinski definition) is 8. The highest BCUT2D eigenvalue weighted by Crippen LogP contribution is 2.36. The lowest BCUT2D eigenvalue weighted by molar-refractivity contribution is 0.282. The zero-order valence-electron chi connectivity index (χ0n) is 16.0. The van der Waals surface area contributed by atoms with Gasteiger partial charge in [-0.1, -0.05) is 0 Å². The van der Waals surface area contributed by atoms with E-state index in [4.69, 9.17) is 4.74 Å². The highest BCUT2D eigenvalue weighted by Gasteiger charge is 2.37. The third kappa shape index (κ3) is 3.28. The maximum absolute atomic E-state index is 12.8. The number of aromatic nitrogens is 5. The van der Waals surface area contributed by atoms with Crippen molar-refractivity contribution in [1.29, 1.82) is 0 Å². The number of rotatable bonds is 6. The molecule has 0 saturated heterocycles. The molecule has 3 aromatic heterocycles. The number of H-pyrrole nitrogens is 1. The molecule has 0 amide bonds. The van der Waals surface area contributed by atoms with Crippen molar-refractivity contribution >= 4 is 26.7 Å². The smallest absolute Gasteiger partial charge is 0.316 e. The Morgan fingerprint density at radius 3 is 2.79 bits per heavy atom.